The number of rotatable bonds is 0. The van der Waals surface area contributed by atoms with Gasteiger partial charge in [-0.3, -0.25) is 0 Å². The summed E-state index contributed by atoms with van der Waals surface area (Å²) in [5.74, 6) is 0. The predicted octanol–water partition coefficient (Wildman–Crippen LogP) is 3.87. The van der Waals surface area contributed by atoms with Crippen molar-refractivity contribution in [1.82, 2.24) is 0 Å². The molecule has 0 aliphatic carbocycles. The minimum atomic E-state index is 1.19. The quantitative estimate of drug-likeness (QED) is 0.503. The molecule has 1 aromatic carbocycles. The third kappa shape index (κ3) is 3.18. The molecule has 2 heteroatoms. The van der Waals surface area contributed by atoms with Gasteiger partial charge in [0.25, 0.3) is 0 Å². The average molecular weight is 293 g/mol. The summed E-state index contributed by atoms with van der Waals surface area (Å²) in [6, 6.07) is 3.35. The van der Waals surface area contributed by atoms with Gasteiger partial charge in [0.15, 0.2) is 0 Å². The van der Waals surface area contributed by atoms with Gasteiger partial charge < -0.3 is 0 Å². The molecule has 13 heavy (non-hydrogen) atoms. The fourth-order valence-electron chi connectivity index (χ4n) is 1.31. The first-order chi connectivity index (χ1) is 6.04. The van der Waals surface area contributed by atoms with Gasteiger partial charge in [0.05, 0.1) is 0 Å². The van der Waals surface area contributed by atoms with Gasteiger partial charge in [0.1, 0.15) is 0 Å². The van der Waals surface area contributed by atoms with Crippen LogP contribution < -0.4 is 0 Å². The zero-order chi connectivity index (χ0) is 10.6. The van der Waals surface area contributed by atoms with Crippen molar-refractivity contribution < 1.29 is 16.3 Å². The van der Waals surface area contributed by atoms with Gasteiger partial charge in [-0.1, -0.05) is 34.6 Å². The molecule has 68 valence electrons. The molecule has 0 spiro atoms. The van der Waals surface area contributed by atoms with Crippen molar-refractivity contribution >= 4 is 13.6 Å². The molecular weight excluding hydrogens is 277 g/mol. The van der Waals surface area contributed by atoms with Crippen LogP contribution in [0.2, 0.25) is 0 Å². The summed E-state index contributed by atoms with van der Waals surface area (Å²) in [5.41, 5.74) is 6.75. The maximum atomic E-state index is 3.35. The standard InChI is InChI=1S/C11H15.BrH.Zn/c1-7-6-8(2)10(4)11(5)9(7)3;;/h1-5H3;1H;/q-1;;+2/p-1. The summed E-state index contributed by atoms with van der Waals surface area (Å²) in [6.45, 7) is 10.7. The van der Waals surface area contributed by atoms with Gasteiger partial charge in [-0.2, -0.15) is 33.9 Å². The molecule has 0 fully saturated rings. The van der Waals surface area contributed by atoms with E-state index in [1.165, 1.54) is 44.2 Å². The van der Waals surface area contributed by atoms with Crippen LogP contribution in [-0.4, -0.2) is 0 Å². The Kier molecular flexibility index (Phi) is 6.08. The van der Waals surface area contributed by atoms with E-state index in [1.54, 1.807) is 0 Å². The summed E-state index contributed by atoms with van der Waals surface area (Å²) in [4.78, 5) is 0. The zero-order valence-electron chi connectivity index (χ0n) is 9.09. The Morgan fingerprint density at radius 2 is 1.08 bits per heavy atom. The molecule has 1 aromatic rings. The SMILES string of the molecule is Cc1[c-]c(C)c(C)c(C)c1C.[Zn+][Br]. The molecule has 0 nitrogen and oxygen atoms in total. The maximum absolute atomic E-state index is 3.35. The van der Waals surface area contributed by atoms with Crippen molar-refractivity contribution in [3.63, 3.8) is 0 Å². The van der Waals surface area contributed by atoms with Gasteiger partial charge in [0.2, 0.25) is 0 Å². The molecule has 0 aliphatic rings. The molecule has 0 amide bonds. The number of benzene rings is 1. The van der Waals surface area contributed by atoms with Gasteiger partial charge in [-0.05, 0) is 0 Å². The van der Waals surface area contributed by atoms with E-state index < -0.39 is 0 Å². The van der Waals surface area contributed by atoms with E-state index in [1.807, 2.05) is 0 Å². The number of aryl methyl sites for hydroxylation is 2. The monoisotopic (exact) mass is 290 g/mol. The molecule has 0 aliphatic heterocycles. The van der Waals surface area contributed by atoms with Crippen LogP contribution in [0.25, 0.3) is 0 Å². The van der Waals surface area contributed by atoms with Crippen LogP contribution in [0, 0.1) is 40.7 Å². The zero-order valence-corrected chi connectivity index (χ0v) is 13.6. The van der Waals surface area contributed by atoms with E-state index in [-0.39, 0.29) is 0 Å². The molecule has 0 bridgehead atoms. The van der Waals surface area contributed by atoms with Crippen molar-refractivity contribution in [3.8, 4) is 0 Å². The third-order valence-electron chi connectivity index (χ3n) is 2.62. The molecule has 0 heterocycles. The fourth-order valence-corrected chi connectivity index (χ4v) is 1.31. The number of hydrogen-bond donors (Lipinski definition) is 0. The van der Waals surface area contributed by atoms with E-state index in [0.29, 0.717) is 0 Å². The third-order valence-corrected chi connectivity index (χ3v) is 2.62. The van der Waals surface area contributed by atoms with Crippen LogP contribution >= 0.6 is 13.6 Å². The summed E-state index contributed by atoms with van der Waals surface area (Å²) in [6.07, 6.45) is 0. The van der Waals surface area contributed by atoms with Gasteiger partial charge in [-0.25, -0.2) is 0 Å². The second-order valence-corrected chi connectivity index (χ2v) is 3.25. The molecule has 0 unspecified atom stereocenters. The Labute approximate surface area is 98.2 Å². The molecule has 0 radical (unpaired) electrons. The van der Waals surface area contributed by atoms with E-state index in [2.05, 4.69) is 54.3 Å². The van der Waals surface area contributed by atoms with Crippen LogP contribution in [-0.2, 0) is 16.3 Å². The van der Waals surface area contributed by atoms with Gasteiger partial charge in [-0.15, -0.1) is 0 Å². The molecule has 0 saturated heterocycles. The summed E-state index contributed by atoms with van der Waals surface area (Å²) in [5, 5.41) is 0. The van der Waals surface area contributed by atoms with Crippen LogP contribution in [0.15, 0.2) is 0 Å². The van der Waals surface area contributed by atoms with E-state index in [0.717, 1.165) is 0 Å². The van der Waals surface area contributed by atoms with Gasteiger partial charge in [0, 0.05) is 0 Å². The Morgan fingerprint density at radius 1 is 0.769 bits per heavy atom. The van der Waals surface area contributed by atoms with Crippen LogP contribution in [0.5, 0.6) is 0 Å². The van der Waals surface area contributed by atoms with Crippen LogP contribution in [0.4, 0.5) is 0 Å². The Hall–Kier alpha value is 0.323. The normalized spacial score (nSPS) is 9.23. The fraction of sp³-hybridized carbons (Fsp3) is 0.455. The first kappa shape index (κ1) is 13.3. The number of hydrogen-bond acceptors (Lipinski definition) is 0. The van der Waals surface area contributed by atoms with E-state index in [4.69, 9.17) is 0 Å². The molecule has 1 rings (SSSR count). The van der Waals surface area contributed by atoms with Crippen LogP contribution in [0.3, 0.4) is 0 Å². The van der Waals surface area contributed by atoms with Crippen molar-refractivity contribution in [2.45, 2.75) is 34.6 Å². The second kappa shape index (κ2) is 5.93. The summed E-state index contributed by atoms with van der Waals surface area (Å²) < 4.78 is 0. The molecule has 0 aromatic heterocycles. The minimum absolute atomic E-state index is 1.19. The second-order valence-electron chi connectivity index (χ2n) is 3.25. The Balaban J connectivity index is 0.000000671. The molecule has 0 saturated carbocycles. The molecule has 0 atom stereocenters. The summed E-state index contributed by atoms with van der Waals surface area (Å²) >= 11 is 4.25. The van der Waals surface area contributed by atoms with Crippen molar-refractivity contribution in [2.75, 3.05) is 0 Å². The topological polar surface area (TPSA) is 0 Å². The van der Waals surface area contributed by atoms with Crippen LogP contribution in [0.1, 0.15) is 27.8 Å². The Bertz CT molecular complexity index is 266. The first-order valence-corrected chi connectivity index (χ1v) is 11.2. The van der Waals surface area contributed by atoms with Crippen molar-refractivity contribution in [2.24, 2.45) is 0 Å². The van der Waals surface area contributed by atoms with Crippen molar-refractivity contribution in [3.05, 3.63) is 33.9 Å². The van der Waals surface area contributed by atoms with Gasteiger partial charge >= 0.3 is 30.0 Å². The average Bonchev–Trinajstić information content (AvgIpc) is 2.15. The predicted molar refractivity (Wildman–Crippen MR) is 57.9 cm³/mol. The van der Waals surface area contributed by atoms with Crippen molar-refractivity contribution in [1.29, 1.82) is 0 Å². The van der Waals surface area contributed by atoms with E-state index in [9.17, 15) is 0 Å². The molecule has 0 N–H and O–H groups in total. The van der Waals surface area contributed by atoms with E-state index >= 15 is 0 Å². The molecular formula is C11H15BrZn. The number of halogens is 1. The Morgan fingerprint density at radius 3 is 1.38 bits per heavy atom. The summed E-state index contributed by atoms with van der Waals surface area (Å²) in [7, 11) is 0. The first-order valence-electron chi connectivity index (χ1n) is 4.27.